The minimum absolute atomic E-state index is 0.00458. The van der Waals surface area contributed by atoms with Gasteiger partial charge in [-0.3, -0.25) is 14.6 Å². The topological polar surface area (TPSA) is 73.7 Å². The van der Waals surface area contributed by atoms with Crippen LogP contribution in [-0.4, -0.2) is 63.5 Å². The number of carbonyl (C=O) groups excluding carboxylic acids is 2. The van der Waals surface area contributed by atoms with Crippen LogP contribution in [0, 0.1) is 17.8 Å². The van der Waals surface area contributed by atoms with E-state index in [2.05, 4.69) is 30.7 Å². The van der Waals surface area contributed by atoms with Crippen molar-refractivity contribution >= 4 is 11.8 Å². The fraction of sp³-hybridized carbons (Fsp3) is 0.400. The highest BCUT2D eigenvalue weighted by atomic mass is 16.3. The summed E-state index contributed by atoms with van der Waals surface area (Å²) in [7, 11) is 0. The quantitative estimate of drug-likeness (QED) is 0.771. The number of carbonyl (C=O) groups is 2. The number of piperazine rings is 1. The lowest BCUT2D eigenvalue weighted by Crippen LogP contribution is -2.73. The highest BCUT2D eigenvalue weighted by Gasteiger charge is 2.54. The molecule has 0 unspecified atom stereocenters. The van der Waals surface area contributed by atoms with Crippen molar-refractivity contribution in [3.8, 4) is 11.8 Å². The van der Waals surface area contributed by atoms with Crippen molar-refractivity contribution in [1.82, 2.24) is 14.8 Å². The van der Waals surface area contributed by atoms with Crippen LogP contribution < -0.4 is 0 Å². The van der Waals surface area contributed by atoms with E-state index in [4.69, 9.17) is 0 Å². The zero-order valence-electron chi connectivity index (χ0n) is 17.9. The van der Waals surface area contributed by atoms with E-state index in [1.807, 2.05) is 30.3 Å². The Balaban J connectivity index is 1.50. The molecule has 1 N–H and O–H groups in total. The Hall–Kier alpha value is -3.17. The van der Waals surface area contributed by atoms with Gasteiger partial charge in [0.2, 0.25) is 11.8 Å². The van der Waals surface area contributed by atoms with E-state index < -0.39 is 0 Å². The number of benzene rings is 1. The molecule has 2 aliphatic heterocycles. The van der Waals surface area contributed by atoms with E-state index >= 15 is 0 Å². The van der Waals surface area contributed by atoms with Crippen molar-refractivity contribution in [3.05, 3.63) is 65.5 Å². The molecule has 3 atom stereocenters. The summed E-state index contributed by atoms with van der Waals surface area (Å²) in [6.07, 6.45) is 3.57. The third kappa shape index (κ3) is 4.33. The first-order chi connectivity index (χ1) is 15.0. The number of rotatable bonds is 4. The number of aromatic nitrogens is 1. The molecular weight excluding hydrogens is 390 g/mol. The van der Waals surface area contributed by atoms with Crippen molar-refractivity contribution in [1.29, 1.82) is 0 Å². The zero-order chi connectivity index (χ0) is 22.0. The third-order valence-corrected chi connectivity index (χ3v) is 5.98. The molecular formula is C25H27N3O3. The molecule has 1 aromatic heterocycles. The predicted molar refractivity (Wildman–Crippen MR) is 117 cm³/mol. The molecule has 1 aromatic carbocycles. The largest absolute Gasteiger partial charge is 0.394 e. The summed E-state index contributed by atoms with van der Waals surface area (Å²) < 4.78 is 0. The van der Waals surface area contributed by atoms with Crippen LogP contribution in [0.2, 0.25) is 0 Å². The Kier molecular flexibility index (Phi) is 6.06. The number of hydrogen-bond donors (Lipinski definition) is 1. The second-order valence-corrected chi connectivity index (χ2v) is 8.50. The molecule has 0 spiro atoms. The predicted octanol–water partition coefficient (Wildman–Crippen LogP) is 1.83. The normalized spacial score (nSPS) is 22.5. The molecule has 4 rings (SSSR count). The van der Waals surface area contributed by atoms with Crippen molar-refractivity contribution in [2.45, 2.75) is 38.3 Å². The fourth-order valence-corrected chi connectivity index (χ4v) is 4.49. The lowest BCUT2D eigenvalue weighted by molar-refractivity contribution is -0.166. The van der Waals surface area contributed by atoms with E-state index in [1.165, 1.54) is 0 Å². The van der Waals surface area contributed by atoms with Gasteiger partial charge in [0.05, 0.1) is 31.7 Å². The molecule has 0 aliphatic carbocycles. The second kappa shape index (κ2) is 8.91. The van der Waals surface area contributed by atoms with E-state index in [1.54, 1.807) is 28.3 Å². The summed E-state index contributed by atoms with van der Waals surface area (Å²) in [5.74, 6) is 6.43. The molecule has 6 heteroatoms. The minimum Gasteiger partial charge on any atom is -0.394 e. The molecule has 0 radical (unpaired) electrons. The average Bonchev–Trinajstić information content (AvgIpc) is 2.75. The van der Waals surface area contributed by atoms with Crippen LogP contribution in [0.15, 0.2) is 48.8 Å². The minimum atomic E-state index is -0.249. The van der Waals surface area contributed by atoms with Crippen molar-refractivity contribution in [2.24, 2.45) is 5.92 Å². The summed E-state index contributed by atoms with van der Waals surface area (Å²) in [6, 6.07) is 11.3. The van der Waals surface area contributed by atoms with E-state index in [0.29, 0.717) is 12.5 Å². The maximum atomic E-state index is 12.8. The van der Waals surface area contributed by atoms with Crippen LogP contribution in [0.3, 0.4) is 0 Å². The van der Waals surface area contributed by atoms with Crippen molar-refractivity contribution < 1.29 is 14.7 Å². The van der Waals surface area contributed by atoms with Gasteiger partial charge in [-0.05, 0) is 29.3 Å². The molecule has 2 fully saturated rings. The van der Waals surface area contributed by atoms with E-state index in [9.17, 15) is 14.7 Å². The summed E-state index contributed by atoms with van der Waals surface area (Å²) >= 11 is 0. The lowest BCUT2D eigenvalue weighted by Gasteiger charge is -2.58. The summed E-state index contributed by atoms with van der Waals surface area (Å²) in [4.78, 5) is 33.0. The molecule has 2 aliphatic rings. The van der Waals surface area contributed by atoms with Gasteiger partial charge in [0, 0.05) is 36.3 Å². The SMILES string of the molecule is CC(C)C#Cc1ccc([C@@H]2[C@@H](CO)N3C(=O)CN(C(=O)Cc4cccnc4)C[C@@H]23)cc1. The standard InChI is InChI=1S/C25H27N3O3/c1-17(2)5-6-18-7-9-20(10-8-18)25-21-14-27(15-24(31)28(21)22(25)16-29)23(30)12-19-4-3-11-26-13-19/h3-4,7-11,13,17,21-22,25,29H,12,14-16H2,1-2H3/t21-,22+,25-/m0/s1. The van der Waals surface area contributed by atoms with Gasteiger partial charge in [-0.1, -0.05) is 43.9 Å². The van der Waals surface area contributed by atoms with Gasteiger partial charge in [-0.25, -0.2) is 0 Å². The van der Waals surface area contributed by atoms with E-state index in [-0.39, 0.29) is 49.4 Å². The number of aliphatic hydroxyl groups excluding tert-OH is 1. The molecule has 2 amide bonds. The van der Waals surface area contributed by atoms with Crippen LogP contribution in [0.1, 0.15) is 36.5 Å². The highest BCUT2D eigenvalue weighted by Crippen LogP contribution is 2.42. The van der Waals surface area contributed by atoms with Crippen LogP contribution in [0.25, 0.3) is 0 Å². The van der Waals surface area contributed by atoms with Crippen molar-refractivity contribution in [3.63, 3.8) is 0 Å². The Bertz CT molecular complexity index is 1010. The maximum absolute atomic E-state index is 12.8. The lowest BCUT2D eigenvalue weighted by atomic mass is 9.73. The van der Waals surface area contributed by atoms with Gasteiger partial charge in [0.15, 0.2) is 0 Å². The Morgan fingerprint density at radius 3 is 2.68 bits per heavy atom. The van der Waals surface area contributed by atoms with Gasteiger partial charge in [0.1, 0.15) is 0 Å². The maximum Gasteiger partial charge on any atom is 0.242 e. The van der Waals surface area contributed by atoms with Crippen LogP contribution in [0.5, 0.6) is 0 Å². The highest BCUT2D eigenvalue weighted by molar-refractivity contribution is 5.88. The number of aliphatic hydroxyl groups is 1. The fourth-order valence-electron chi connectivity index (χ4n) is 4.49. The third-order valence-electron chi connectivity index (χ3n) is 5.98. The van der Waals surface area contributed by atoms with Crippen LogP contribution >= 0.6 is 0 Å². The molecule has 0 saturated carbocycles. The first-order valence-corrected chi connectivity index (χ1v) is 10.7. The number of amides is 2. The molecule has 160 valence electrons. The molecule has 2 saturated heterocycles. The molecule has 6 nitrogen and oxygen atoms in total. The molecule has 31 heavy (non-hydrogen) atoms. The second-order valence-electron chi connectivity index (χ2n) is 8.50. The van der Waals surface area contributed by atoms with Crippen LogP contribution in [-0.2, 0) is 16.0 Å². The average molecular weight is 418 g/mol. The molecule has 0 bridgehead atoms. The van der Waals surface area contributed by atoms with Gasteiger partial charge < -0.3 is 14.9 Å². The Morgan fingerprint density at radius 1 is 1.26 bits per heavy atom. The summed E-state index contributed by atoms with van der Waals surface area (Å²) in [6.45, 7) is 4.55. The number of hydrogen-bond acceptors (Lipinski definition) is 4. The van der Waals surface area contributed by atoms with Gasteiger partial charge in [0.25, 0.3) is 0 Å². The first kappa shape index (κ1) is 21.1. The number of pyridine rings is 1. The van der Waals surface area contributed by atoms with E-state index in [0.717, 1.165) is 16.7 Å². The summed E-state index contributed by atoms with van der Waals surface area (Å²) in [5, 5.41) is 9.94. The Morgan fingerprint density at radius 2 is 2.03 bits per heavy atom. The van der Waals surface area contributed by atoms with Crippen molar-refractivity contribution in [2.75, 3.05) is 19.7 Å². The summed E-state index contributed by atoms with van der Waals surface area (Å²) in [5.41, 5.74) is 2.84. The van der Waals surface area contributed by atoms with Gasteiger partial charge in [-0.2, -0.15) is 0 Å². The molecule has 3 heterocycles. The monoisotopic (exact) mass is 417 g/mol. The molecule has 2 aromatic rings. The Labute approximate surface area is 182 Å². The smallest absolute Gasteiger partial charge is 0.242 e. The number of fused-ring (bicyclic) bond motifs is 1. The van der Waals surface area contributed by atoms with Crippen LogP contribution in [0.4, 0.5) is 0 Å². The van der Waals surface area contributed by atoms with Gasteiger partial charge in [-0.15, -0.1) is 0 Å². The number of nitrogens with zero attached hydrogens (tertiary/aromatic N) is 3. The first-order valence-electron chi connectivity index (χ1n) is 10.7. The zero-order valence-corrected chi connectivity index (χ0v) is 17.9. The van der Waals surface area contributed by atoms with Gasteiger partial charge >= 0.3 is 0 Å².